The van der Waals surface area contributed by atoms with E-state index in [9.17, 15) is 4.39 Å². The number of aryl methyl sites for hydroxylation is 1. The van der Waals surface area contributed by atoms with Crippen LogP contribution in [0.1, 0.15) is 30.9 Å². The van der Waals surface area contributed by atoms with Crippen molar-refractivity contribution >= 4 is 0 Å². The normalized spacial score (nSPS) is 23.5. The minimum absolute atomic E-state index is 0.118. The molecule has 1 atom stereocenters. The van der Waals surface area contributed by atoms with E-state index in [1.165, 1.54) is 11.6 Å². The van der Waals surface area contributed by atoms with Gasteiger partial charge >= 0.3 is 0 Å². The van der Waals surface area contributed by atoms with Crippen molar-refractivity contribution in [2.24, 2.45) is 5.41 Å². The van der Waals surface area contributed by atoms with E-state index >= 15 is 0 Å². The lowest BCUT2D eigenvalue weighted by Gasteiger charge is -2.38. The monoisotopic (exact) mass is 265 g/mol. The van der Waals surface area contributed by atoms with Gasteiger partial charge in [-0.1, -0.05) is 13.0 Å². The zero-order valence-corrected chi connectivity index (χ0v) is 12.0. The molecule has 1 unspecified atom stereocenters. The Balaban J connectivity index is 2.16. The van der Waals surface area contributed by atoms with Crippen molar-refractivity contribution in [2.45, 2.75) is 33.1 Å². The molecule has 1 aliphatic rings. The van der Waals surface area contributed by atoms with Gasteiger partial charge < -0.3 is 10.1 Å². The predicted molar refractivity (Wildman–Crippen MR) is 75.9 cm³/mol. The SMILES string of the molecule is CCNCC1(Cc2cc(F)ccc2C)CCCOC1. The van der Waals surface area contributed by atoms with Crippen LogP contribution in [0.5, 0.6) is 0 Å². The summed E-state index contributed by atoms with van der Waals surface area (Å²) in [5.74, 6) is -0.143. The number of ether oxygens (including phenoxy) is 1. The lowest BCUT2D eigenvalue weighted by Crippen LogP contribution is -2.42. The van der Waals surface area contributed by atoms with Crippen LogP contribution in [0.25, 0.3) is 0 Å². The summed E-state index contributed by atoms with van der Waals surface area (Å²) in [6, 6.07) is 5.08. The molecule has 0 amide bonds. The van der Waals surface area contributed by atoms with Gasteiger partial charge in [0.25, 0.3) is 0 Å². The van der Waals surface area contributed by atoms with Crippen molar-refractivity contribution in [3.05, 3.63) is 35.1 Å². The first kappa shape index (κ1) is 14.5. The van der Waals surface area contributed by atoms with Gasteiger partial charge in [0.2, 0.25) is 0 Å². The Morgan fingerprint density at radius 1 is 1.42 bits per heavy atom. The van der Waals surface area contributed by atoms with Crippen LogP contribution in [-0.4, -0.2) is 26.3 Å². The van der Waals surface area contributed by atoms with Gasteiger partial charge in [-0.2, -0.15) is 0 Å². The lowest BCUT2D eigenvalue weighted by molar-refractivity contribution is -0.00700. The van der Waals surface area contributed by atoms with Crippen LogP contribution in [0.4, 0.5) is 4.39 Å². The van der Waals surface area contributed by atoms with Crippen LogP contribution in [-0.2, 0) is 11.2 Å². The molecule has 1 N–H and O–H groups in total. The Morgan fingerprint density at radius 3 is 2.95 bits per heavy atom. The van der Waals surface area contributed by atoms with E-state index in [1.807, 2.05) is 6.07 Å². The average molecular weight is 265 g/mol. The molecule has 1 aromatic rings. The Kier molecular flexibility index (Phi) is 4.94. The molecule has 1 saturated heterocycles. The molecule has 0 bridgehead atoms. The zero-order chi connectivity index (χ0) is 13.7. The van der Waals surface area contributed by atoms with Gasteiger partial charge in [0.15, 0.2) is 0 Å². The third-order valence-electron chi connectivity index (χ3n) is 4.03. The van der Waals surface area contributed by atoms with Gasteiger partial charge in [-0.05, 0) is 56.0 Å². The van der Waals surface area contributed by atoms with Gasteiger partial charge in [-0.25, -0.2) is 4.39 Å². The minimum atomic E-state index is -0.143. The molecule has 0 spiro atoms. The highest BCUT2D eigenvalue weighted by molar-refractivity contribution is 5.28. The number of halogens is 1. The average Bonchev–Trinajstić information content (AvgIpc) is 2.42. The maximum atomic E-state index is 13.4. The van der Waals surface area contributed by atoms with Gasteiger partial charge in [0.1, 0.15) is 5.82 Å². The Bertz CT molecular complexity index is 413. The van der Waals surface area contributed by atoms with Crippen molar-refractivity contribution in [2.75, 3.05) is 26.3 Å². The maximum Gasteiger partial charge on any atom is 0.123 e. The molecule has 1 aliphatic heterocycles. The zero-order valence-electron chi connectivity index (χ0n) is 12.0. The first-order valence-electron chi connectivity index (χ1n) is 7.19. The second-order valence-electron chi connectivity index (χ2n) is 5.68. The van der Waals surface area contributed by atoms with E-state index < -0.39 is 0 Å². The summed E-state index contributed by atoms with van der Waals surface area (Å²) < 4.78 is 19.1. The molecular weight excluding hydrogens is 241 g/mol. The quantitative estimate of drug-likeness (QED) is 0.883. The smallest absolute Gasteiger partial charge is 0.123 e. The molecule has 0 aromatic heterocycles. The molecule has 2 nitrogen and oxygen atoms in total. The molecule has 106 valence electrons. The van der Waals surface area contributed by atoms with Crippen molar-refractivity contribution in [3.63, 3.8) is 0 Å². The van der Waals surface area contributed by atoms with Crippen molar-refractivity contribution in [1.82, 2.24) is 5.32 Å². The summed E-state index contributed by atoms with van der Waals surface area (Å²) in [6.45, 7) is 7.71. The van der Waals surface area contributed by atoms with Crippen LogP contribution in [0.15, 0.2) is 18.2 Å². The molecule has 19 heavy (non-hydrogen) atoms. The topological polar surface area (TPSA) is 21.3 Å². The van der Waals surface area contributed by atoms with Gasteiger partial charge in [0, 0.05) is 18.6 Å². The van der Waals surface area contributed by atoms with E-state index in [4.69, 9.17) is 4.74 Å². The van der Waals surface area contributed by atoms with E-state index in [1.54, 1.807) is 6.07 Å². The highest BCUT2D eigenvalue weighted by atomic mass is 19.1. The molecule has 1 heterocycles. The third kappa shape index (κ3) is 3.77. The molecule has 1 fully saturated rings. The second kappa shape index (κ2) is 6.49. The number of rotatable bonds is 5. The van der Waals surface area contributed by atoms with E-state index in [2.05, 4.69) is 19.2 Å². The Morgan fingerprint density at radius 2 is 2.26 bits per heavy atom. The van der Waals surface area contributed by atoms with Gasteiger partial charge in [-0.15, -0.1) is 0 Å². The van der Waals surface area contributed by atoms with E-state index in [0.29, 0.717) is 0 Å². The van der Waals surface area contributed by atoms with Gasteiger partial charge in [0.05, 0.1) is 6.61 Å². The Labute approximate surface area is 115 Å². The number of hydrogen-bond acceptors (Lipinski definition) is 2. The molecule has 0 saturated carbocycles. The van der Waals surface area contributed by atoms with Crippen LogP contribution >= 0.6 is 0 Å². The molecule has 3 heteroatoms. The molecule has 0 aliphatic carbocycles. The maximum absolute atomic E-state index is 13.4. The summed E-state index contributed by atoms with van der Waals surface area (Å²) in [7, 11) is 0. The highest BCUT2D eigenvalue weighted by Gasteiger charge is 2.33. The van der Waals surface area contributed by atoms with Crippen molar-refractivity contribution < 1.29 is 9.13 Å². The first-order valence-corrected chi connectivity index (χ1v) is 7.19. The Hall–Kier alpha value is -0.930. The molecular formula is C16H24FNO. The van der Waals surface area contributed by atoms with Crippen molar-refractivity contribution in [1.29, 1.82) is 0 Å². The number of hydrogen-bond donors (Lipinski definition) is 1. The lowest BCUT2D eigenvalue weighted by atomic mass is 9.76. The van der Waals surface area contributed by atoms with Crippen LogP contribution in [0.2, 0.25) is 0 Å². The molecule has 0 radical (unpaired) electrons. The van der Waals surface area contributed by atoms with Crippen LogP contribution in [0, 0.1) is 18.2 Å². The standard InChI is InChI=1S/C16H24FNO/c1-3-18-11-16(7-4-8-19-12-16)10-14-9-15(17)6-5-13(14)2/h5-6,9,18H,3-4,7-8,10-12H2,1-2H3. The highest BCUT2D eigenvalue weighted by Crippen LogP contribution is 2.33. The second-order valence-corrected chi connectivity index (χ2v) is 5.68. The first-order chi connectivity index (χ1) is 9.15. The van der Waals surface area contributed by atoms with Crippen LogP contribution in [0.3, 0.4) is 0 Å². The van der Waals surface area contributed by atoms with Crippen LogP contribution < -0.4 is 5.32 Å². The fourth-order valence-electron chi connectivity index (χ4n) is 2.88. The predicted octanol–water partition coefficient (Wildman–Crippen LogP) is 3.08. The van der Waals surface area contributed by atoms with E-state index in [0.717, 1.165) is 51.1 Å². The largest absolute Gasteiger partial charge is 0.381 e. The summed E-state index contributed by atoms with van der Waals surface area (Å²) in [5, 5.41) is 3.44. The number of benzene rings is 1. The summed E-state index contributed by atoms with van der Waals surface area (Å²) >= 11 is 0. The minimum Gasteiger partial charge on any atom is -0.381 e. The third-order valence-corrected chi connectivity index (χ3v) is 4.03. The van der Waals surface area contributed by atoms with Crippen molar-refractivity contribution in [3.8, 4) is 0 Å². The van der Waals surface area contributed by atoms with E-state index in [-0.39, 0.29) is 11.2 Å². The summed E-state index contributed by atoms with van der Waals surface area (Å²) in [6.07, 6.45) is 3.14. The fraction of sp³-hybridized carbons (Fsp3) is 0.625. The summed E-state index contributed by atoms with van der Waals surface area (Å²) in [4.78, 5) is 0. The fourth-order valence-corrected chi connectivity index (χ4v) is 2.88. The molecule has 1 aromatic carbocycles. The van der Waals surface area contributed by atoms with Gasteiger partial charge in [-0.3, -0.25) is 0 Å². The summed E-state index contributed by atoms with van der Waals surface area (Å²) in [5.41, 5.74) is 2.40. The number of nitrogens with one attached hydrogen (secondary N) is 1. The molecule has 2 rings (SSSR count).